The highest BCUT2D eigenvalue weighted by Crippen LogP contribution is 2.25. The van der Waals surface area contributed by atoms with Gasteiger partial charge in [0.25, 0.3) is 5.56 Å². The lowest BCUT2D eigenvalue weighted by Crippen LogP contribution is -2.33. The average Bonchev–Trinajstić information content (AvgIpc) is 2.70. The van der Waals surface area contributed by atoms with Gasteiger partial charge < -0.3 is 4.42 Å². The molecule has 4 rings (SSSR count). The van der Waals surface area contributed by atoms with Gasteiger partial charge in [-0.15, -0.1) is 0 Å². The molecule has 108 valence electrons. The summed E-state index contributed by atoms with van der Waals surface area (Å²) >= 11 is 0. The molecule has 1 aliphatic rings. The van der Waals surface area contributed by atoms with E-state index >= 15 is 0 Å². The van der Waals surface area contributed by atoms with Crippen molar-refractivity contribution in [1.82, 2.24) is 9.55 Å². The zero-order valence-electron chi connectivity index (χ0n) is 11.6. The Bertz CT molecular complexity index is 1030. The van der Waals surface area contributed by atoms with E-state index in [4.69, 9.17) is 4.42 Å². The Morgan fingerprint density at radius 1 is 1.09 bits per heavy atom. The number of nitrogens with one attached hydrogen (secondary N) is 1. The Morgan fingerprint density at radius 2 is 1.91 bits per heavy atom. The number of aromatic nitrogens is 2. The number of nitrogens with zero attached hydrogens (tertiary/aromatic N) is 1. The van der Waals surface area contributed by atoms with Gasteiger partial charge >= 0.3 is 5.69 Å². The van der Waals surface area contributed by atoms with Crippen LogP contribution in [0.2, 0.25) is 0 Å². The van der Waals surface area contributed by atoms with E-state index in [1.54, 1.807) is 30.3 Å². The third-order valence-corrected chi connectivity index (χ3v) is 3.71. The van der Waals surface area contributed by atoms with Crippen molar-refractivity contribution in [2.24, 2.45) is 0 Å². The smallest absolute Gasteiger partial charge is 0.335 e. The minimum Gasteiger partial charge on any atom is -0.440 e. The van der Waals surface area contributed by atoms with E-state index in [0.717, 1.165) is 10.1 Å². The third-order valence-electron chi connectivity index (χ3n) is 3.71. The molecule has 0 spiro atoms. The second-order valence-corrected chi connectivity index (χ2v) is 5.05. The summed E-state index contributed by atoms with van der Waals surface area (Å²) in [6, 6.07) is 8.85. The van der Waals surface area contributed by atoms with Gasteiger partial charge in [-0.3, -0.25) is 9.78 Å². The first-order chi connectivity index (χ1) is 10.8. The first-order valence-corrected chi connectivity index (χ1v) is 6.95. The molecular formula is C17H12N2O3. The minimum atomic E-state index is -0.507. The molecule has 0 radical (unpaired) electrons. The largest absolute Gasteiger partial charge is 0.440 e. The summed E-state index contributed by atoms with van der Waals surface area (Å²) in [7, 11) is 0. The number of furan rings is 1. The van der Waals surface area contributed by atoms with Crippen LogP contribution in [0.5, 0.6) is 0 Å². The highest BCUT2D eigenvalue weighted by molar-refractivity contribution is 5.82. The monoisotopic (exact) mass is 292 g/mol. The fourth-order valence-corrected chi connectivity index (χ4v) is 2.71. The third kappa shape index (κ3) is 1.79. The Balaban J connectivity index is 2.11. The zero-order chi connectivity index (χ0) is 15.1. The first kappa shape index (κ1) is 12.6. The number of benzene rings is 1. The van der Waals surface area contributed by atoms with Gasteiger partial charge in [-0.2, -0.15) is 0 Å². The van der Waals surface area contributed by atoms with Crippen LogP contribution in [0.4, 0.5) is 0 Å². The lowest BCUT2D eigenvalue weighted by Gasteiger charge is -2.04. The number of aromatic amines is 1. The number of H-pyrrole nitrogens is 1. The molecule has 0 saturated heterocycles. The van der Waals surface area contributed by atoms with Gasteiger partial charge in [-0.25, -0.2) is 9.36 Å². The molecule has 1 aliphatic carbocycles. The molecule has 0 bridgehead atoms. The van der Waals surface area contributed by atoms with E-state index in [0.29, 0.717) is 23.3 Å². The van der Waals surface area contributed by atoms with Gasteiger partial charge in [0, 0.05) is 5.56 Å². The maximum absolute atomic E-state index is 12.8. The molecule has 2 heterocycles. The summed E-state index contributed by atoms with van der Waals surface area (Å²) in [5.74, 6) is 0.610. The fourth-order valence-electron chi connectivity index (χ4n) is 2.71. The van der Waals surface area contributed by atoms with Gasteiger partial charge in [-0.05, 0) is 24.6 Å². The Labute approximate surface area is 124 Å². The highest BCUT2D eigenvalue weighted by atomic mass is 16.3. The molecule has 0 fully saturated rings. The summed E-state index contributed by atoms with van der Waals surface area (Å²) < 4.78 is 6.76. The van der Waals surface area contributed by atoms with E-state index < -0.39 is 5.69 Å². The Morgan fingerprint density at radius 3 is 2.73 bits per heavy atom. The number of allylic oxidation sites excluding steroid dienone is 3. The summed E-state index contributed by atoms with van der Waals surface area (Å²) in [4.78, 5) is 27.7. The van der Waals surface area contributed by atoms with Gasteiger partial charge in [-0.1, -0.05) is 36.4 Å². The van der Waals surface area contributed by atoms with Crippen molar-refractivity contribution in [3.8, 4) is 5.69 Å². The molecule has 3 aromatic rings. The van der Waals surface area contributed by atoms with E-state index in [2.05, 4.69) is 4.98 Å². The topological polar surface area (TPSA) is 68.0 Å². The molecule has 2 aromatic heterocycles. The van der Waals surface area contributed by atoms with Crippen LogP contribution in [0, 0.1) is 0 Å². The van der Waals surface area contributed by atoms with Gasteiger partial charge in [0.15, 0.2) is 0 Å². The molecule has 1 N–H and O–H groups in total. The standard InChI is InChI=1S/C17H12N2O3/c20-16-14-12-9-5-2-6-10-13(12)22-15(14)18-17(21)19(16)11-7-3-1-4-8-11/h1-8,10H,9H2,(H,18,21). The number of hydrogen-bond acceptors (Lipinski definition) is 3. The van der Waals surface area contributed by atoms with E-state index in [1.807, 2.05) is 24.3 Å². The summed E-state index contributed by atoms with van der Waals surface area (Å²) in [5.41, 5.74) is 0.689. The van der Waals surface area contributed by atoms with Crippen molar-refractivity contribution in [2.45, 2.75) is 6.42 Å². The molecule has 22 heavy (non-hydrogen) atoms. The lowest BCUT2D eigenvalue weighted by molar-refractivity contribution is 0.584. The second kappa shape index (κ2) is 4.73. The van der Waals surface area contributed by atoms with Crippen molar-refractivity contribution in [3.63, 3.8) is 0 Å². The number of hydrogen-bond donors (Lipinski definition) is 1. The van der Waals surface area contributed by atoms with E-state index in [1.165, 1.54) is 0 Å². The predicted octanol–water partition coefficient (Wildman–Crippen LogP) is 2.40. The van der Waals surface area contributed by atoms with Crippen LogP contribution < -0.4 is 11.2 Å². The van der Waals surface area contributed by atoms with Crippen LogP contribution in [0.1, 0.15) is 11.3 Å². The fraction of sp³-hybridized carbons (Fsp3) is 0.0588. The summed E-state index contributed by atoms with van der Waals surface area (Å²) in [6.45, 7) is 0. The summed E-state index contributed by atoms with van der Waals surface area (Å²) in [6.07, 6.45) is 8.09. The van der Waals surface area contributed by atoms with Crippen LogP contribution >= 0.6 is 0 Å². The van der Waals surface area contributed by atoms with Crippen molar-refractivity contribution in [1.29, 1.82) is 0 Å². The lowest BCUT2D eigenvalue weighted by atomic mass is 10.1. The molecule has 5 nitrogen and oxygen atoms in total. The molecule has 0 atom stereocenters. The molecule has 0 unspecified atom stereocenters. The quantitative estimate of drug-likeness (QED) is 0.749. The average molecular weight is 292 g/mol. The zero-order valence-corrected chi connectivity index (χ0v) is 11.6. The van der Waals surface area contributed by atoms with Crippen LogP contribution in [0.15, 0.2) is 62.6 Å². The molecule has 0 amide bonds. The number of rotatable bonds is 1. The molecular weight excluding hydrogens is 280 g/mol. The molecule has 1 aromatic carbocycles. The maximum atomic E-state index is 12.8. The van der Waals surface area contributed by atoms with Gasteiger partial charge in [0.1, 0.15) is 11.1 Å². The van der Waals surface area contributed by atoms with E-state index in [-0.39, 0.29) is 11.3 Å². The van der Waals surface area contributed by atoms with Gasteiger partial charge in [0.05, 0.1) is 5.69 Å². The Kier molecular flexibility index (Phi) is 2.72. The van der Waals surface area contributed by atoms with Crippen LogP contribution in [0.3, 0.4) is 0 Å². The van der Waals surface area contributed by atoms with Crippen LogP contribution in [0.25, 0.3) is 22.9 Å². The molecule has 5 heteroatoms. The minimum absolute atomic E-state index is 0.229. The van der Waals surface area contributed by atoms with Crippen molar-refractivity contribution < 1.29 is 4.42 Å². The SMILES string of the molecule is O=c1[nH]c2oc3c(c2c(=O)n1-c1ccccc1)CC=CC=C3. The van der Waals surface area contributed by atoms with E-state index in [9.17, 15) is 9.59 Å². The predicted molar refractivity (Wildman–Crippen MR) is 84.3 cm³/mol. The van der Waals surface area contributed by atoms with Crippen molar-refractivity contribution in [2.75, 3.05) is 0 Å². The number of fused-ring (bicyclic) bond motifs is 3. The molecule has 0 aliphatic heterocycles. The van der Waals surface area contributed by atoms with Crippen molar-refractivity contribution in [3.05, 3.63) is 80.7 Å². The maximum Gasteiger partial charge on any atom is 0.335 e. The summed E-state index contributed by atoms with van der Waals surface area (Å²) in [5, 5.41) is 0.426. The second-order valence-electron chi connectivity index (χ2n) is 5.05. The highest BCUT2D eigenvalue weighted by Gasteiger charge is 2.19. The van der Waals surface area contributed by atoms with Gasteiger partial charge in [0.2, 0.25) is 5.71 Å². The van der Waals surface area contributed by atoms with Crippen molar-refractivity contribution >= 4 is 17.2 Å². The van der Waals surface area contributed by atoms with Crippen LogP contribution in [-0.2, 0) is 6.42 Å². The molecule has 0 saturated carbocycles. The normalized spacial score (nSPS) is 13.3. The van der Waals surface area contributed by atoms with Crippen LogP contribution in [-0.4, -0.2) is 9.55 Å². The number of para-hydroxylation sites is 1. The first-order valence-electron chi connectivity index (χ1n) is 6.95. The Hall–Kier alpha value is -3.08.